The second-order valence-electron chi connectivity index (χ2n) is 4.61. The molecule has 3 nitrogen and oxygen atoms in total. The minimum atomic E-state index is 0.143. The smallest absolute Gasteiger partial charge is 0.164 e. The maximum Gasteiger partial charge on any atom is 0.164 e. The monoisotopic (exact) mass is 232 g/mol. The van der Waals surface area contributed by atoms with E-state index in [1.807, 2.05) is 12.1 Å². The number of Topliss-reactive ketones (excluding diaryl/α,β-unsaturated/α-hetero) is 1. The number of hydrogen-bond donors (Lipinski definition) is 2. The van der Waals surface area contributed by atoms with Crippen LogP contribution in [0, 0.1) is 0 Å². The Morgan fingerprint density at radius 3 is 2.47 bits per heavy atom. The van der Waals surface area contributed by atoms with Crippen LogP contribution < -0.4 is 11.1 Å². The summed E-state index contributed by atoms with van der Waals surface area (Å²) in [5.41, 5.74) is 7.53. The second kappa shape index (κ2) is 5.94. The molecule has 1 saturated heterocycles. The summed E-state index contributed by atoms with van der Waals surface area (Å²) >= 11 is 0. The van der Waals surface area contributed by atoms with E-state index in [0.717, 1.165) is 18.7 Å². The second-order valence-corrected chi connectivity index (χ2v) is 4.61. The van der Waals surface area contributed by atoms with Gasteiger partial charge in [-0.05, 0) is 44.0 Å². The summed E-state index contributed by atoms with van der Waals surface area (Å²) in [7, 11) is 0. The molecule has 0 bridgehead atoms. The molecular formula is C14H20N2O. The maximum absolute atomic E-state index is 11.6. The fourth-order valence-electron chi connectivity index (χ4n) is 2.37. The number of carbonyl (C=O) groups is 1. The molecule has 1 aliphatic rings. The van der Waals surface area contributed by atoms with Crippen molar-refractivity contribution < 1.29 is 4.79 Å². The molecule has 0 radical (unpaired) electrons. The Balaban J connectivity index is 2.04. The summed E-state index contributed by atoms with van der Waals surface area (Å²) in [5, 5.41) is 3.36. The molecular weight excluding hydrogens is 212 g/mol. The van der Waals surface area contributed by atoms with Crippen LogP contribution in [0.1, 0.15) is 41.1 Å². The summed E-state index contributed by atoms with van der Waals surface area (Å²) in [4.78, 5) is 11.6. The van der Waals surface area contributed by atoms with Crippen LogP contribution >= 0.6 is 0 Å². The third-order valence-electron chi connectivity index (χ3n) is 3.41. The van der Waals surface area contributed by atoms with E-state index in [4.69, 9.17) is 5.73 Å². The number of rotatable bonds is 4. The number of nitrogens with one attached hydrogen (secondary N) is 1. The van der Waals surface area contributed by atoms with Crippen LogP contribution in [0.3, 0.4) is 0 Å². The van der Waals surface area contributed by atoms with E-state index < -0.39 is 0 Å². The lowest BCUT2D eigenvalue weighted by Crippen LogP contribution is -2.26. The number of carbonyl (C=O) groups excluding carboxylic acids is 1. The first-order valence-corrected chi connectivity index (χ1v) is 6.35. The van der Waals surface area contributed by atoms with Crippen LogP contribution in [0.2, 0.25) is 0 Å². The van der Waals surface area contributed by atoms with Crippen LogP contribution in [-0.2, 0) is 0 Å². The van der Waals surface area contributed by atoms with E-state index in [1.165, 1.54) is 18.4 Å². The van der Waals surface area contributed by atoms with E-state index in [2.05, 4.69) is 17.4 Å². The molecule has 1 aromatic carbocycles. The molecule has 92 valence electrons. The largest absolute Gasteiger partial charge is 0.330 e. The lowest BCUT2D eigenvalue weighted by atomic mass is 9.89. The number of hydrogen-bond acceptors (Lipinski definition) is 3. The molecule has 1 heterocycles. The van der Waals surface area contributed by atoms with Gasteiger partial charge in [0.25, 0.3) is 0 Å². The Bertz CT molecular complexity index is 366. The Morgan fingerprint density at radius 1 is 1.24 bits per heavy atom. The highest BCUT2D eigenvalue weighted by molar-refractivity contribution is 5.96. The van der Waals surface area contributed by atoms with Crippen molar-refractivity contribution in [1.29, 1.82) is 0 Å². The van der Waals surface area contributed by atoms with Crippen LogP contribution in [-0.4, -0.2) is 25.4 Å². The van der Waals surface area contributed by atoms with Crippen molar-refractivity contribution in [3.8, 4) is 0 Å². The quantitative estimate of drug-likeness (QED) is 0.777. The minimum absolute atomic E-state index is 0.143. The van der Waals surface area contributed by atoms with Gasteiger partial charge in [-0.25, -0.2) is 0 Å². The first kappa shape index (κ1) is 12.3. The van der Waals surface area contributed by atoms with Crippen molar-refractivity contribution in [3.05, 3.63) is 35.4 Å². The third kappa shape index (κ3) is 3.14. The molecule has 0 saturated carbocycles. The molecule has 0 spiro atoms. The third-order valence-corrected chi connectivity index (χ3v) is 3.41. The molecule has 0 amide bonds. The summed E-state index contributed by atoms with van der Waals surface area (Å²) in [6, 6.07) is 8.07. The maximum atomic E-state index is 11.6. The van der Waals surface area contributed by atoms with Crippen LogP contribution in [0.5, 0.6) is 0 Å². The van der Waals surface area contributed by atoms with E-state index in [1.54, 1.807) is 0 Å². The van der Waals surface area contributed by atoms with Crippen molar-refractivity contribution in [2.24, 2.45) is 5.73 Å². The average Bonchev–Trinajstić information content (AvgIpc) is 2.40. The molecule has 1 fully saturated rings. The van der Waals surface area contributed by atoms with Gasteiger partial charge in [0.15, 0.2) is 5.78 Å². The van der Waals surface area contributed by atoms with Crippen molar-refractivity contribution >= 4 is 5.78 Å². The fourth-order valence-corrected chi connectivity index (χ4v) is 2.37. The summed E-state index contributed by atoms with van der Waals surface area (Å²) in [6.45, 7) is 2.62. The first-order valence-electron chi connectivity index (χ1n) is 6.35. The molecule has 0 atom stereocenters. The van der Waals surface area contributed by atoms with Crippen molar-refractivity contribution in [2.45, 2.75) is 25.2 Å². The zero-order valence-electron chi connectivity index (χ0n) is 10.1. The minimum Gasteiger partial charge on any atom is -0.330 e. The Morgan fingerprint density at radius 2 is 1.88 bits per heavy atom. The molecule has 3 N–H and O–H groups in total. The van der Waals surface area contributed by atoms with Crippen LogP contribution in [0.25, 0.3) is 0 Å². The molecule has 0 aromatic heterocycles. The summed E-state index contributed by atoms with van der Waals surface area (Å²) in [5.74, 6) is 0.791. The SMILES string of the molecule is NCCC(=O)c1ccc(C2CCNCC2)cc1. The standard InChI is InChI=1S/C14H20N2O/c15-8-5-14(17)13-3-1-11(2-4-13)12-6-9-16-10-7-12/h1-4,12,16H,5-10,15H2. The average molecular weight is 232 g/mol. The highest BCUT2D eigenvalue weighted by atomic mass is 16.1. The molecule has 0 aliphatic carbocycles. The lowest BCUT2D eigenvalue weighted by Gasteiger charge is -2.23. The highest BCUT2D eigenvalue weighted by Gasteiger charge is 2.15. The molecule has 1 aromatic rings. The number of piperidine rings is 1. The lowest BCUT2D eigenvalue weighted by molar-refractivity contribution is 0.0985. The predicted octanol–water partition coefficient (Wildman–Crippen LogP) is 1.69. The van der Waals surface area contributed by atoms with Crippen molar-refractivity contribution in [3.63, 3.8) is 0 Å². The predicted molar refractivity (Wildman–Crippen MR) is 69.3 cm³/mol. The summed E-state index contributed by atoms with van der Waals surface area (Å²) in [6.07, 6.45) is 2.82. The Hall–Kier alpha value is -1.19. The van der Waals surface area contributed by atoms with Gasteiger partial charge in [-0.2, -0.15) is 0 Å². The fraction of sp³-hybridized carbons (Fsp3) is 0.500. The van der Waals surface area contributed by atoms with Gasteiger partial charge in [-0.3, -0.25) is 4.79 Å². The Kier molecular flexibility index (Phi) is 4.29. The first-order chi connectivity index (χ1) is 8.31. The van der Waals surface area contributed by atoms with Gasteiger partial charge in [-0.1, -0.05) is 24.3 Å². The molecule has 2 rings (SSSR count). The van der Waals surface area contributed by atoms with Gasteiger partial charge in [0.1, 0.15) is 0 Å². The molecule has 0 unspecified atom stereocenters. The normalized spacial score (nSPS) is 17.0. The topological polar surface area (TPSA) is 55.1 Å². The number of ketones is 1. The van der Waals surface area contributed by atoms with Gasteiger partial charge >= 0.3 is 0 Å². The van der Waals surface area contributed by atoms with Crippen molar-refractivity contribution in [2.75, 3.05) is 19.6 Å². The highest BCUT2D eigenvalue weighted by Crippen LogP contribution is 2.25. The van der Waals surface area contributed by atoms with Gasteiger partial charge in [0, 0.05) is 12.0 Å². The van der Waals surface area contributed by atoms with Crippen LogP contribution in [0.4, 0.5) is 0 Å². The summed E-state index contributed by atoms with van der Waals surface area (Å²) < 4.78 is 0. The van der Waals surface area contributed by atoms with Gasteiger partial charge in [0.2, 0.25) is 0 Å². The number of nitrogens with two attached hydrogens (primary N) is 1. The van der Waals surface area contributed by atoms with E-state index >= 15 is 0 Å². The van der Waals surface area contributed by atoms with Gasteiger partial charge < -0.3 is 11.1 Å². The van der Waals surface area contributed by atoms with Gasteiger partial charge in [0.05, 0.1) is 0 Å². The van der Waals surface area contributed by atoms with Crippen molar-refractivity contribution in [1.82, 2.24) is 5.32 Å². The molecule has 1 aliphatic heterocycles. The molecule has 3 heteroatoms. The number of benzene rings is 1. The van der Waals surface area contributed by atoms with Gasteiger partial charge in [-0.15, -0.1) is 0 Å². The zero-order valence-corrected chi connectivity index (χ0v) is 10.1. The Labute approximate surface area is 102 Å². The van der Waals surface area contributed by atoms with E-state index in [0.29, 0.717) is 18.9 Å². The molecule has 17 heavy (non-hydrogen) atoms. The van der Waals surface area contributed by atoms with E-state index in [9.17, 15) is 4.79 Å². The van der Waals surface area contributed by atoms with Crippen LogP contribution in [0.15, 0.2) is 24.3 Å². The van der Waals surface area contributed by atoms with E-state index in [-0.39, 0.29) is 5.78 Å². The zero-order chi connectivity index (χ0) is 12.1.